The Morgan fingerprint density at radius 1 is 0.558 bits per heavy atom. The van der Waals surface area contributed by atoms with Crippen molar-refractivity contribution in [1.29, 1.82) is 0 Å². The number of rotatable bonds is 9. The van der Waals surface area contributed by atoms with Crippen LogP contribution in [0.4, 0.5) is 0 Å². The second-order valence-electron chi connectivity index (χ2n) is 32.8. The molecule has 3 N–H and O–H groups in total. The van der Waals surface area contributed by atoms with E-state index in [2.05, 4.69) is 191 Å². The van der Waals surface area contributed by atoms with Gasteiger partial charge in [-0.3, -0.25) is 0 Å². The maximum Gasteiger partial charge on any atom is 0.192 e. The van der Waals surface area contributed by atoms with Gasteiger partial charge >= 0.3 is 0 Å². The minimum Gasteiger partial charge on any atom is -0.411 e. The standard InChI is InChI=1S/2C21H40O3Si.C21H40O2Si.2CH4.Y/c1-13(2)21-12-16(24-25(8,9)19(4,5)6)20(7,22)15-11-10-14(3)17(15)18(21)23-21;1-13(2)21-12-16(23-25(8,9)19(4,5)6)20(7,24-21)15-11-10-14(3)17(15)18(21)22;1-14(2)16-12-17-15(3)10-11-18(17)21(7,22)19(13-16)23-24(8,9)20(4,5)6;;;/h2*13-18,22H,10-12H2,1-9H3;12,14-15,17-19,22H,10-11,13H2,1-9H3;2*1H4;/t14-,15-,16-,17-,18-,20-,21-;14-,15-,16-,17-,18+,20?,21-;15-,17-,18-,19-,21-;;;/m111.../s1. The molecule has 5 aliphatic carbocycles. The van der Waals surface area contributed by atoms with E-state index in [4.69, 9.17) is 22.8 Å². The van der Waals surface area contributed by atoms with Gasteiger partial charge in [-0.1, -0.05) is 151 Å². The summed E-state index contributed by atoms with van der Waals surface area (Å²) in [5.41, 5.74) is -0.799. The number of hydrogen-bond acceptors (Lipinski definition) is 8. The van der Waals surface area contributed by atoms with Crippen molar-refractivity contribution in [2.75, 3.05) is 0 Å². The molecule has 8 aliphatic rings. The molecule has 8 rings (SSSR count). The third-order valence-corrected chi connectivity index (χ3v) is 37.5. The van der Waals surface area contributed by atoms with E-state index in [1.165, 1.54) is 24.8 Å². The third-order valence-electron chi connectivity index (χ3n) is 24.0. The van der Waals surface area contributed by atoms with Gasteiger partial charge in [0.1, 0.15) is 0 Å². The second-order valence-corrected chi connectivity index (χ2v) is 47.0. The smallest absolute Gasteiger partial charge is 0.192 e. The number of allylic oxidation sites excluding steroid dienone is 1. The van der Waals surface area contributed by atoms with E-state index in [0.717, 1.165) is 38.5 Å². The second kappa shape index (κ2) is 24.1. The Hall–Kier alpha value is 1.17. The Labute approximate surface area is 505 Å². The largest absolute Gasteiger partial charge is 0.411 e. The van der Waals surface area contributed by atoms with Gasteiger partial charge in [-0.15, -0.1) is 0 Å². The topological polar surface area (TPSA) is 110 Å². The molecule has 3 aliphatic heterocycles. The molecule has 0 aromatic rings. The number of ether oxygens (including phenoxy) is 2. The first-order valence-electron chi connectivity index (χ1n) is 30.5. The quantitative estimate of drug-likeness (QED) is 0.119. The first-order valence-corrected chi connectivity index (χ1v) is 39.2. The Morgan fingerprint density at radius 2 is 0.948 bits per heavy atom. The zero-order valence-electron chi connectivity index (χ0n) is 53.7. The minimum atomic E-state index is -1.96. The van der Waals surface area contributed by atoms with Gasteiger partial charge in [-0.2, -0.15) is 0 Å². The number of epoxide rings is 1. The fraction of sp³-hybridized carbons (Fsp3) is 0.969. The minimum absolute atomic E-state index is 0. The van der Waals surface area contributed by atoms with Gasteiger partial charge in [0.05, 0.1) is 58.5 Å². The van der Waals surface area contributed by atoms with E-state index in [1.807, 2.05) is 0 Å². The van der Waals surface area contributed by atoms with E-state index < -0.39 is 41.8 Å². The van der Waals surface area contributed by atoms with E-state index in [1.54, 1.807) is 0 Å². The molecule has 2 bridgehead atoms. The third kappa shape index (κ3) is 13.3. The molecule has 7 fully saturated rings. The summed E-state index contributed by atoms with van der Waals surface area (Å²) in [6.07, 6.45) is 11.9. The van der Waals surface area contributed by atoms with Crippen LogP contribution in [0.15, 0.2) is 11.6 Å². The van der Waals surface area contributed by atoms with Crippen LogP contribution in [0.1, 0.15) is 218 Å². The molecule has 19 atom stereocenters. The van der Waals surface area contributed by atoms with Gasteiger partial charge < -0.3 is 38.1 Å². The Bertz CT molecular complexity index is 1970. The molecular formula is C65H128O8Si3Y. The summed E-state index contributed by atoms with van der Waals surface area (Å²) in [4.78, 5) is 0. The summed E-state index contributed by atoms with van der Waals surface area (Å²) < 4.78 is 33.9. The van der Waals surface area contributed by atoms with Crippen molar-refractivity contribution in [2.24, 2.45) is 71.0 Å². The van der Waals surface area contributed by atoms with Gasteiger partial charge in [0.25, 0.3) is 0 Å². The number of aliphatic hydroxyl groups excluding tert-OH is 1. The van der Waals surface area contributed by atoms with Gasteiger partial charge in [-0.25, -0.2) is 0 Å². The molecule has 0 aromatic carbocycles. The molecule has 3 heterocycles. The van der Waals surface area contributed by atoms with Crippen molar-refractivity contribution in [3.63, 3.8) is 0 Å². The maximum atomic E-state index is 11.7. The Balaban J connectivity index is 0.000000298. The van der Waals surface area contributed by atoms with Crippen LogP contribution >= 0.6 is 0 Å². The van der Waals surface area contributed by atoms with E-state index >= 15 is 0 Å². The van der Waals surface area contributed by atoms with Crippen molar-refractivity contribution < 1.29 is 70.8 Å². The fourth-order valence-corrected chi connectivity index (χ4v) is 19.4. The van der Waals surface area contributed by atoms with Crippen LogP contribution in [-0.4, -0.2) is 98.8 Å². The Morgan fingerprint density at radius 3 is 1.40 bits per heavy atom. The van der Waals surface area contributed by atoms with Gasteiger partial charge in [0.15, 0.2) is 25.0 Å². The van der Waals surface area contributed by atoms with Crippen molar-refractivity contribution in [2.45, 2.75) is 331 Å². The van der Waals surface area contributed by atoms with Crippen LogP contribution in [-0.2, 0) is 55.5 Å². The average Bonchev–Trinajstić information content (AvgIpc) is 3.46. The molecule has 12 heteroatoms. The number of fused-ring (bicyclic) bond motifs is 8. The summed E-state index contributed by atoms with van der Waals surface area (Å²) >= 11 is 0. The van der Waals surface area contributed by atoms with Crippen LogP contribution in [0.3, 0.4) is 0 Å². The van der Waals surface area contributed by atoms with Gasteiger partial charge in [0.2, 0.25) is 0 Å². The zero-order valence-corrected chi connectivity index (χ0v) is 59.6. The molecule has 3 saturated heterocycles. The molecule has 1 radical (unpaired) electrons. The van der Waals surface area contributed by atoms with Crippen molar-refractivity contribution in [3.8, 4) is 0 Å². The Kier molecular flexibility index (Phi) is 22.7. The zero-order chi connectivity index (χ0) is 56.5. The van der Waals surface area contributed by atoms with Crippen molar-refractivity contribution in [3.05, 3.63) is 11.6 Å². The van der Waals surface area contributed by atoms with Crippen molar-refractivity contribution >= 4 is 25.0 Å². The number of aliphatic hydroxyl groups is 3. The monoisotopic (exact) mass is 1210 g/mol. The predicted octanol–water partition coefficient (Wildman–Crippen LogP) is 17.0. The maximum absolute atomic E-state index is 11.7. The summed E-state index contributed by atoms with van der Waals surface area (Å²) in [5, 5.41) is 35.2. The molecule has 1 unspecified atom stereocenters. The molecule has 0 spiro atoms. The first kappa shape index (κ1) is 72.4. The first-order chi connectivity index (χ1) is 33.3. The van der Waals surface area contributed by atoms with Crippen LogP contribution in [0.2, 0.25) is 54.4 Å². The molecular weight excluding hydrogens is 1080 g/mol. The van der Waals surface area contributed by atoms with E-state index in [-0.39, 0.29) is 98.3 Å². The van der Waals surface area contributed by atoms with Gasteiger partial charge in [0, 0.05) is 45.6 Å². The van der Waals surface area contributed by atoms with Crippen LogP contribution in [0, 0.1) is 71.0 Å². The number of hydrogen-bond donors (Lipinski definition) is 3. The van der Waals surface area contributed by atoms with E-state index in [0.29, 0.717) is 77.1 Å². The van der Waals surface area contributed by atoms with Crippen molar-refractivity contribution in [1.82, 2.24) is 0 Å². The average molecular weight is 1210 g/mol. The summed E-state index contributed by atoms with van der Waals surface area (Å²) in [6, 6.07) is 0. The normalized spacial score (nSPS) is 42.6. The summed E-state index contributed by atoms with van der Waals surface area (Å²) in [6.45, 7) is 61.4. The molecule has 77 heavy (non-hydrogen) atoms. The van der Waals surface area contributed by atoms with Crippen LogP contribution < -0.4 is 0 Å². The van der Waals surface area contributed by atoms with E-state index in [9.17, 15) is 15.3 Å². The molecule has 4 saturated carbocycles. The molecule has 8 nitrogen and oxygen atoms in total. The SMILES string of the molecule is C.C.CC(C)C1=C[C@@H]2[C@H](C)CC[C@H]2[C@@](C)(O)[C@H](O[Si](C)(C)C(C)(C)C)C1.CC(C)[C@@]12C[C@@H](O[Si](C)(C)C(C)(C)C)C(C)(O1)[C@@H]1CC[C@@H](C)[C@H]1[C@@H]2O.CC(C)[C@]12C[C@@H](O[Si](C)(C)C(C)(C)C)[C@](C)(O)[C@@H]3CC[C@@H](C)[C@H]3[C@H]1O2.[Y]. The van der Waals surface area contributed by atoms with Gasteiger partial charge in [-0.05, 0) is 191 Å². The predicted molar refractivity (Wildman–Crippen MR) is 329 cm³/mol. The molecule has 0 amide bonds. The fourth-order valence-electron chi connectivity index (χ4n) is 15.2. The van der Waals surface area contributed by atoms with Crippen LogP contribution in [0.5, 0.6) is 0 Å². The summed E-state index contributed by atoms with van der Waals surface area (Å²) in [5.74, 6) is 5.55. The molecule has 451 valence electrons. The molecule has 0 aromatic heterocycles. The summed E-state index contributed by atoms with van der Waals surface area (Å²) in [7, 11) is -5.76. The van der Waals surface area contributed by atoms with Crippen LogP contribution in [0.25, 0.3) is 0 Å².